The van der Waals surface area contributed by atoms with Crippen LogP contribution in [0, 0.1) is 6.92 Å². The molecule has 0 saturated carbocycles. The average molecular weight is 295 g/mol. The zero-order chi connectivity index (χ0) is 14.2. The molecule has 3 aromatic rings. The van der Waals surface area contributed by atoms with E-state index in [1.165, 1.54) is 16.0 Å². The zero-order valence-electron chi connectivity index (χ0n) is 11.9. The van der Waals surface area contributed by atoms with Crippen LogP contribution in [0.1, 0.15) is 23.6 Å². The normalized spacial score (nSPS) is 17.3. The molecule has 1 unspecified atom stereocenters. The molecule has 0 aliphatic carbocycles. The Morgan fingerprint density at radius 2 is 2.19 bits per heavy atom. The van der Waals surface area contributed by atoms with Gasteiger partial charge in [0.25, 0.3) is 0 Å². The molecule has 3 heterocycles. The van der Waals surface area contributed by atoms with Crippen LogP contribution < -0.4 is 5.32 Å². The molecule has 0 saturated heterocycles. The van der Waals surface area contributed by atoms with Crippen molar-refractivity contribution in [2.24, 2.45) is 0 Å². The molecule has 2 aromatic heterocycles. The van der Waals surface area contributed by atoms with Gasteiger partial charge in [-0.05, 0) is 30.4 Å². The highest BCUT2D eigenvalue weighted by atomic mass is 32.1. The Morgan fingerprint density at radius 1 is 1.24 bits per heavy atom. The molecule has 4 heteroatoms. The minimum Gasteiger partial charge on any atom is -0.370 e. The fourth-order valence-electron chi connectivity index (χ4n) is 2.95. The van der Waals surface area contributed by atoms with Crippen molar-refractivity contribution < 1.29 is 0 Å². The van der Waals surface area contributed by atoms with E-state index in [1.807, 2.05) is 0 Å². The van der Waals surface area contributed by atoms with Gasteiger partial charge in [-0.15, -0.1) is 11.3 Å². The summed E-state index contributed by atoms with van der Waals surface area (Å²) in [4.78, 5) is 1.22. The predicted octanol–water partition coefficient (Wildman–Crippen LogP) is 4.33. The van der Waals surface area contributed by atoms with Crippen LogP contribution >= 0.6 is 11.3 Å². The second-order valence-corrected chi connectivity index (χ2v) is 6.43. The Balaban J connectivity index is 1.78. The SMILES string of the molecule is Cc1cccc(C2CCNc3cc(-c4cccs4)nn32)c1. The molecular weight excluding hydrogens is 278 g/mol. The van der Waals surface area contributed by atoms with Crippen molar-refractivity contribution in [2.45, 2.75) is 19.4 Å². The molecule has 1 aliphatic heterocycles. The monoisotopic (exact) mass is 295 g/mol. The molecule has 106 valence electrons. The number of aryl methyl sites for hydroxylation is 1. The van der Waals surface area contributed by atoms with Gasteiger partial charge in [0.15, 0.2) is 0 Å². The van der Waals surface area contributed by atoms with Crippen LogP contribution in [0.5, 0.6) is 0 Å². The Morgan fingerprint density at radius 3 is 3.00 bits per heavy atom. The molecule has 0 spiro atoms. The van der Waals surface area contributed by atoms with E-state index < -0.39 is 0 Å². The Hall–Kier alpha value is -2.07. The Kier molecular flexibility index (Phi) is 3.04. The summed E-state index contributed by atoms with van der Waals surface area (Å²) in [6, 6.07) is 15.4. The van der Waals surface area contributed by atoms with Crippen LogP contribution in [0.4, 0.5) is 5.82 Å². The van der Waals surface area contributed by atoms with E-state index in [2.05, 4.69) is 64.8 Å². The van der Waals surface area contributed by atoms with Gasteiger partial charge in [0, 0.05) is 12.6 Å². The van der Waals surface area contributed by atoms with Gasteiger partial charge in [0.2, 0.25) is 0 Å². The van der Waals surface area contributed by atoms with Gasteiger partial charge in [-0.2, -0.15) is 5.10 Å². The van der Waals surface area contributed by atoms with Crippen molar-refractivity contribution in [2.75, 3.05) is 11.9 Å². The van der Waals surface area contributed by atoms with Crippen LogP contribution in [0.25, 0.3) is 10.6 Å². The van der Waals surface area contributed by atoms with Gasteiger partial charge >= 0.3 is 0 Å². The standard InChI is InChI=1S/C17H17N3S/c1-12-4-2-5-13(10-12)15-7-8-18-17-11-14(19-20(15)17)16-6-3-9-21-16/h2-6,9-11,15,18H,7-8H2,1H3. The van der Waals surface area contributed by atoms with E-state index in [0.717, 1.165) is 24.5 Å². The number of aromatic nitrogens is 2. The van der Waals surface area contributed by atoms with Crippen LogP contribution in [0.2, 0.25) is 0 Å². The number of nitrogens with one attached hydrogen (secondary N) is 1. The van der Waals surface area contributed by atoms with Crippen molar-refractivity contribution in [1.29, 1.82) is 0 Å². The molecule has 1 atom stereocenters. The van der Waals surface area contributed by atoms with Crippen LogP contribution in [-0.4, -0.2) is 16.3 Å². The molecule has 0 radical (unpaired) electrons. The van der Waals surface area contributed by atoms with Gasteiger partial charge in [0.1, 0.15) is 11.5 Å². The zero-order valence-corrected chi connectivity index (χ0v) is 12.7. The van der Waals surface area contributed by atoms with E-state index in [4.69, 9.17) is 5.10 Å². The summed E-state index contributed by atoms with van der Waals surface area (Å²) in [5.41, 5.74) is 3.71. The number of hydrogen-bond acceptors (Lipinski definition) is 3. The van der Waals surface area contributed by atoms with Gasteiger partial charge in [-0.3, -0.25) is 0 Å². The molecule has 1 aromatic carbocycles. The van der Waals surface area contributed by atoms with E-state index in [1.54, 1.807) is 11.3 Å². The van der Waals surface area contributed by atoms with Crippen LogP contribution in [0.3, 0.4) is 0 Å². The number of rotatable bonds is 2. The minimum atomic E-state index is 0.329. The summed E-state index contributed by atoms with van der Waals surface area (Å²) in [5.74, 6) is 1.12. The van der Waals surface area contributed by atoms with E-state index in [0.29, 0.717) is 6.04 Å². The maximum atomic E-state index is 4.85. The van der Waals surface area contributed by atoms with Gasteiger partial charge < -0.3 is 5.32 Å². The lowest BCUT2D eigenvalue weighted by atomic mass is 10.0. The van der Waals surface area contributed by atoms with Crippen LogP contribution in [0.15, 0.2) is 47.8 Å². The quantitative estimate of drug-likeness (QED) is 0.763. The first kappa shape index (κ1) is 12.7. The van der Waals surface area contributed by atoms with Crippen LogP contribution in [-0.2, 0) is 0 Å². The van der Waals surface area contributed by atoms with Crippen molar-refractivity contribution in [3.05, 3.63) is 59.0 Å². The van der Waals surface area contributed by atoms with Crippen molar-refractivity contribution >= 4 is 17.2 Å². The molecule has 4 rings (SSSR count). The average Bonchev–Trinajstić information content (AvgIpc) is 3.15. The largest absolute Gasteiger partial charge is 0.370 e. The third-order valence-corrected chi connectivity index (χ3v) is 4.85. The summed E-state index contributed by atoms with van der Waals surface area (Å²) in [6.45, 7) is 3.14. The first-order chi connectivity index (χ1) is 10.3. The second kappa shape index (κ2) is 5.04. The number of benzene rings is 1. The summed E-state index contributed by atoms with van der Waals surface area (Å²) in [6.07, 6.45) is 1.07. The summed E-state index contributed by atoms with van der Waals surface area (Å²) in [7, 11) is 0. The second-order valence-electron chi connectivity index (χ2n) is 5.48. The van der Waals surface area contributed by atoms with Crippen molar-refractivity contribution in [3.63, 3.8) is 0 Å². The lowest BCUT2D eigenvalue weighted by Crippen LogP contribution is -2.24. The molecule has 21 heavy (non-hydrogen) atoms. The van der Waals surface area contributed by atoms with E-state index >= 15 is 0 Å². The lowest BCUT2D eigenvalue weighted by Gasteiger charge is -2.26. The van der Waals surface area contributed by atoms with Crippen molar-refractivity contribution in [1.82, 2.24) is 9.78 Å². The number of thiophene rings is 1. The molecular formula is C17H17N3S. The molecule has 1 N–H and O–H groups in total. The number of anilines is 1. The summed E-state index contributed by atoms with van der Waals surface area (Å²) < 4.78 is 2.15. The first-order valence-electron chi connectivity index (χ1n) is 7.25. The Bertz CT molecular complexity index is 758. The molecule has 0 bridgehead atoms. The highest BCUT2D eigenvalue weighted by Gasteiger charge is 2.23. The summed E-state index contributed by atoms with van der Waals surface area (Å²) in [5, 5.41) is 10.4. The fraction of sp³-hybridized carbons (Fsp3) is 0.235. The number of hydrogen-bond donors (Lipinski definition) is 1. The van der Waals surface area contributed by atoms with Gasteiger partial charge in [-0.1, -0.05) is 35.9 Å². The lowest BCUT2D eigenvalue weighted by molar-refractivity contribution is 0.483. The van der Waals surface area contributed by atoms with E-state index in [9.17, 15) is 0 Å². The van der Waals surface area contributed by atoms with Gasteiger partial charge in [-0.25, -0.2) is 4.68 Å². The molecule has 0 amide bonds. The highest BCUT2D eigenvalue weighted by Crippen LogP contribution is 2.34. The number of fused-ring (bicyclic) bond motifs is 1. The van der Waals surface area contributed by atoms with E-state index in [-0.39, 0.29) is 0 Å². The third kappa shape index (κ3) is 2.25. The maximum Gasteiger partial charge on any atom is 0.125 e. The highest BCUT2D eigenvalue weighted by molar-refractivity contribution is 7.13. The fourth-order valence-corrected chi connectivity index (χ4v) is 3.63. The maximum absolute atomic E-state index is 4.85. The molecule has 0 fully saturated rings. The minimum absolute atomic E-state index is 0.329. The topological polar surface area (TPSA) is 29.9 Å². The number of nitrogens with zero attached hydrogens (tertiary/aromatic N) is 2. The third-order valence-electron chi connectivity index (χ3n) is 3.96. The summed E-state index contributed by atoms with van der Waals surface area (Å²) >= 11 is 1.74. The smallest absolute Gasteiger partial charge is 0.125 e. The molecule has 1 aliphatic rings. The molecule has 3 nitrogen and oxygen atoms in total. The predicted molar refractivity (Wildman–Crippen MR) is 88.0 cm³/mol. The first-order valence-corrected chi connectivity index (χ1v) is 8.13. The van der Waals surface area contributed by atoms with Crippen molar-refractivity contribution in [3.8, 4) is 10.6 Å². The van der Waals surface area contributed by atoms with Gasteiger partial charge in [0.05, 0.1) is 10.9 Å². The Labute approximate surface area is 128 Å².